The van der Waals surface area contributed by atoms with Crippen molar-refractivity contribution in [2.75, 3.05) is 49.8 Å². The van der Waals surface area contributed by atoms with E-state index in [1.807, 2.05) is 69.8 Å². The lowest BCUT2D eigenvalue weighted by molar-refractivity contribution is -0.132. The third-order valence-corrected chi connectivity index (χ3v) is 12.7. The summed E-state index contributed by atoms with van der Waals surface area (Å²) in [6.45, 7) is 15.0. The Morgan fingerprint density at radius 2 is 1.88 bits per heavy atom. The van der Waals surface area contributed by atoms with E-state index in [0.29, 0.717) is 80.4 Å². The molecule has 11 nitrogen and oxygen atoms in total. The highest BCUT2D eigenvalue weighted by Crippen LogP contribution is 2.46. The number of aliphatic carboxylic acids is 1. The Bertz CT molecular complexity index is 2370. The minimum absolute atomic E-state index is 0.0668. The third kappa shape index (κ3) is 7.75. The van der Waals surface area contributed by atoms with Crippen LogP contribution in [0.4, 0.5) is 11.4 Å². The molecule has 2 aromatic heterocycles. The Balaban J connectivity index is 1.33. The number of hydrogen-bond donors (Lipinski definition) is 1. The fourth-order valence-electron chi connectivity index (χ4n) is 8.71. The number of halogens is 2. The number of carbonyl (C=O) groups is 2. The summed E-state index contributed by atoms with van der Waals surface area (Å²) in [6, 6.07) is 9.54. The van der Waals surface area contributed by atoms with Gasteiger partial charge in [-0.2, -0.15) is 5.10 Å². The quantitative estimate of drug-likeness (QED) is 0.0990. The topological polar surface area (TPSA) is 111 Å². The van der Waals surface area contributed by atoms with Gasteiger partial charge in [-0.05, 0) is 95.7 Å². The molecule has 1 saturated heterocycles. The maximum Gasteiger partial charge on any atom is 0.352 e. The monoisotopic (exact) mass is 829 g/mol. The number of ether oxygens (including phenoxy) is 3. The van der Waals surface area contributed by atoms with Gasteiger partial charge in [0.1, 0.15) is 11.4 Å². The molecule has 58 heavy (non-hydrogen) atoms. The highest BCUT2D eigenvalue weighted by molar-refractivity contribution is 6.35. The van der Waals surface area contributed by atoms with Crippen molar-refractivity contribution in [2.45, 2.75) is 79.6 Å². The van der Waals surface area contributed by atoms with E-state index in [1.54, 1.807) is 29.8 Å². The number of hydrogen-bond acceptors (Lipinski definition) is 7. The van der Waals surface area contributed by atoms with Crippen LogP contribution in [0.2, 0.25) is 5.02 Å². The van der Waals surface area contributed by atoms with Gasteiger partial charge in [-0.25, -0.2) is 4.79 Å². The number of amides is 1. The van der Waals surface area contributed by atoms with Crippen LogP contribution in [0, 0.1) is 19.8 Å². The highest BCUT2D eigenvalue weighted by atomic mass is 35.5. The van der Waals surface area contributed by atoms with Crippen LogP contribution < -0.4 is 9.80 Å². The summed E-state index contributed by atoms with van der Waals surface area (Å²) < 4.78 is 21.8. The molecule has 2 atom stereocenters. The van der Waals surface area contributed by atoms with Gasteiger partial charge in [0, 0.05) is 66.4 Å². The van der Waals surface area contributed by atoms with Gasteiger partial charge >= 0.3 is 5.97 Å². The Kier molecular flexibility index (Phi) is 12.3. The fourth-order valence-corrected chi connectivity index (χ4v) is 9.10. The van der Waals surface area contributed by atoms with Gasteiger partial charge in [0.05, 0.1) is 60.1 Å². The molecule has 7 rings (SSSR count). The van der Waals surface area contributed by atoms with Gasteiger partial charge in [0.25, 0.3) is 5.91 Å². The molecule has 308 valence electrons. The first-order valence-electron chi connectivity index (χ1n) is 20.0. The van der Waals surface area contributed by atoms with Crippen LogP contribution in [-0.4, -0.2) is 77.5 Å². The number of rotatable bonds is 14. The van der Waals surface area contributed by atoms with Gasteiger partial charge in [0.15, 0.2) is 0 Å². The summed E-state index contributed by atoms with van der Waals surface area (Å²) in [5, 5.41) is 17.2. The molecule has 13 heteroatoms. The van der Waals surface area contributed by atoms with Crippen LogP contribution in [0.3, 0.4) is 0 Å². The molecule has 2 aromatic carbocycles. The van der Waals surface area contributed by atoms with E-state index >= 15 is 4.79 Å². The van der Waals surface area contributed by atoms with Crippen LogP contribution in [0.5, 0.6) is 0 Å². The van der Waals surface area contributed by atoms with E-state index in [9.17, 15) is 9.90 Å². The number of anilines is 2. The lowest BCUT2D eigenvalue weighted by atomic mass is 9.98. The molecule has 0 bridgehead atoms. The second-order valence-corrected chi connectivity index (χ2v) is 16.7. The van der Waals surface area contributed by atoms with Gasteiger partial charge in [0.2, 0.25) is 0 Å². The van der Waals surface area contributed by atoms with E-state index in [-0.39, 0.29) is 23.8 Å². The lowest BCUT2D eigenvalue weighted by Crippen LogP contribution is -2.43. The van der Waals surface area contributed by atoms with Crippen LogP contribution in [0.25, 0.3) is 22.0 Å². The van der Waals surface area contributed by atoms with Gasteiger partial charge < -0.3 is 33.7 Å². The molecule has 3 aliphatic rings. The number of carboxylic acids is 1. The number of carbonyl (C=O) groups excluding carboxylic acids is 1. The molecule has 4 heterocycles. The number of nitrogens with zero attached hydrogens (tertiary/aromatic N) is 5. The zero-order valence-electron chi connectivity index (χ0n) is 34.6. The highest BCUT2D eigenvalue weighted by Gasteiger charge is 2.38. The number of aromatic nitrogens is 3. The molecule has 2 aliphatic heterocycles. The zero-order chi connectivity index (χ0) is 41.6. The van der Waals surface area contributed by atoms with E-state index in [2.05, 4.69) is 17.6 Å². The first-order valence-corrected chi connectivity index (χ1v) is 20.7. The van der Waals surface area contributed by atoms with Crippen molar-refractivity contribution in [3.63, 3.8) is 0 Å². The van der Waals surface area contributed by atoms with Crippen molar-refractivity contribution in [3.8, 4) is 11.1 Å². The number of aryl methyl sites for hydroxylation is 3. The Labute approximate surface area is 350 Å². The van der Waals surface area contributed by atoms with Crippen LogP contribution >= 0.6 is 23.2 Å². The van der Waals surface area contributed by atoms with Crippen LogP contribution in [0.1, 0.15) is 79.6 Å². The number of likely N-dealkylation sites (N-methyl/N-ethyl adjacent to an activating group) is 1. The Hall–Kier alpha value is -4.39. The molecule has 1 fully saturated rings. The maximum atomic E-state index is 15.4. The SMILES string of the molecule is C/C=C(/C(=O)O)N(C)c1ccc(COCC2COC2)cc1N1C[C@@H](C)n2c(c(CCCOC3C=C(C)C(Cl)=C(C)C3)c3ccc(Cl)c(-c4c(C)nn(C)c4C)c32)C1=O. The molecule has 1 amide bonds. The molecular weight excluding hydrogens is 777 g/mol. The second kappa shape index (κ2) is 17.1. The number of fused-ring (bicyclic) bond motifs is 3. The summed E-state index contributed by atoms with van der Waals surface area (Å²) >= 11 is 13.6. The fraction of sp³-hybridized carbons (Fsp3) is 0.444. The normalized spacial score (nSPS) is 18.9. The van der Waals surface area contributed by atoms with Crippen molar-refractivity contribution >= 4 is 57.4 Å². The Morgan fingerprint density at radius 3 is 2.52 bits per heavy atom. The Morgan fingerprint density at radius 1 is 1.12 bits per heavy atom. The average molecular weight is 831 g/mol. The first kappa shape index (κ1) is 41.8. The van der Waals surface area contributed by atoms with E-state index in [1.165, 1.54) is 0 Å². The van der Waals surface area contributed by atoms with Crippen molar-refractivity contribution < 1.29 is 28.9 Å². The predicted molar refractivity (Wildman–Crippen MR) is 230 cm³/mol. The molecule has 1 unspecified atom stereocenters. The standard InChI is InChI=1S/C45H53Cl2N5O6/c1-9-36(45(54)55)49(7)37-15-12-30(21-56-22-31-23-57-24-31)19-38(37)51-20-27(4)52-42-34(13-14-35(46)40(42)39-28(5)48-50(8)29(39)6)33(43(52)44(51)53)11-10-16-58-32-17-25(2)41(47)26(3)18-32/h9,12-15,17,19,27,31-32H,10-11,16,18,20-24H2,1-8H3,(H,54,55)/b36-9-/t27-,32?/m1/s1. The smallest absolute Gasteiger partial charge is 0.352 e. The van der Waals surface area contributed by atoms with Crippen molar-refractivity contribution in [2.24, 2.45) is 13.0 Å². The number of benzene rings is 2. The minimum atomic E-state index is -1.06. The molecular formula is C45H53Cl2N5O6. The van der Waals surface area contributed by atoms with Crippen molar-refractivity contribution in [1.82, 2.24) is 14.3 Å². The summed E-state index contributed by atoms with van der Waals surface area (Å²) in [5.41, 5.74) is 10.4. The molecule has 0 radical (unpaired) electrons. The summed E-state index contributed by atoms with van der Waals surface area (Å²) in [5.74, 6) is -0.870. The lowest BCUT2D eigenvalue weighted by Gasteiger charge is -2.37. The largest absolute Gasteiger partial charge is 0.477 e. The minimum Gasteiger partial charge on any atom is -0.477 e. The zero-order valence-corrected chi connectivity index (χ0v) is 36.1. The van der Waals surface area contributed by atoms with E-state index in [4.69, 9.17) is 42.5 Å². The van der Waals surface area contributed by atoms with Crippen molar-refractivity contribution in [1.29, 1.82) is 0 Å². The van der Waals surface area contributed by atoms with Gasteiger partial charge in [-0.3, -0.25) is 9.48 Å². The number of carboxylic acid groups (broad SMARTS) is 1. The summed E-state index contributed by atoms with van der Waals surface area (Å²) in [6.07, 6.45) is 5.57. The van der Waals surface area contributed by atoms with E-state index < -0.39 is 5.97 Å². The summed E-state index contributed by atoms with van der Waals surface area (Å²) in [7, 11) is 3.65. The first-order chi connectivity index (χ1) is 27.7. The van der Waals surface area contributed by atoms with E-state index in [0.717, 1.165) is 67.1 Å². The number of allylic oxidation sites excluding steroid dienone is 3. The maximum absolute atomic E-state index is 15.4. The summed E-state index contributed by atoms with van der Waals surface area (Å²) in [4.78, 5) is 31.3. The molecule has 4 aromatic rings. The van der Waals surface area contributed by atoms with Gasteiger partial charge in [-0.15, -0.1) is 0 Å². The molecule has 0 spiro atoms. The van der Waals surface area contributed by atoms with Crippen LogP contribution in [0.15, 0.2) is 64.4 Å². The second-order valence-electron chi connectivity index (χ2n) is 15.9. The molecule has 0 saturated carbocycles. The van der Waals surface area contributed by atoms with Gasteiger partial charge in [-0.1, -0.05) is 53.1 Å². The van der Waals surface area contributed by atoms with Crippen LogP contribution in [-0.2, 0) is 39.1 Å². The molecule has 1 N–H and O–H groups in total. The molecule has 1 aliphatic carbocycles. The average Bonchev–Trinajstić information content (AvgIpc) is 3.63. The third-order valence-electron chi connectivity index (χ3n) is 11.8. The van der Waals surface area contributed by atoms with Crippen molar-refractivity contribution in [3.05, 3.63) is 97.6 Å². The predicted octanol–water partition coefficient (Wildman–Crippen LogP) is 9.30.